The summed E-state index contributed by atoms with van der Waals surface area (Å²) in [5, 5.41) is 13.7. The average molecular weight is 341 g/mol. The van der Waals surface area contributed by atoms with Crippen LogP contribution in [0.25, 0.3) is 0 Å². The fraction of sp³-hybridized carbons (Fsp3) is 0.625. The van der Waals surface area contributed by atoms with Gasteiger partial charge in [-0.2, -0.15) is 0 Å². The molecule has 1 aliphatic heterocycles. The molecule has 0 spiro atoms. The molecule has 112 valence electrons. The van der Waals surface area contributed by atoms with Crippen molar-refractivity contribution in [3.05, 3.63) is 28.2 Å². The number of hydrogen-bond donors (Lipinski definition) is 2. The van der Waals surface area contributed by atoms with E-state index in [2.05, 4.69) is 40.0 Å². The largest absolute Gasteiger partial charge is 0.508 e. The average Bonchev–Trinajstić information content (AvgIpc) is 2.95. The molecule has 0 radical (unpaired) electrons. The molecule has 2 atom stereocenters. The molecule has 1 heterocycles. The van der Waals surface area contributed by atoms with Crippen molar-refractivity contribution in [3.63, 3.8) is 0 Å². The summed E-state index contributed by atoms with van der Waals surface area (Å²) in [5.74, 6) is 0.401. The summed E-state index contributed by atoms with van der Waals surface area (Å²) in [7, 11) is 0. The molecule has 20 heavy (non-hydrogen) atoms. The van der Waals surface area contributed by atoms with E-state index in [1.54, 1.807) is 6.07 Å². The highest BCUT2D eigenvalue weighted by Crippen LogP contribution is 2.33. The van der Waals surface area contributed by atoms with E-state index in [9.17, 15) is 5.11 Å². The monoisotopic (exact) mass is 340 g/mol. The van der Waals surface area contributed by atoms with Crippen molar-refractivity contribution in [3.8, 4) is 5.75 Å². The summed E-state index contributed by atoms with van der Waals surface area (Å²) in [6, 6.07) is 6.59. The Hall–Kier alpha value is -0.580. The van der Waals surface area contributed by atoms with Gasteiger partial charge < -0.3 is 10.4 Å². The van der Waals surface area contributed by atoms with E-state index in [1.165, 1.54) is 12.8 Å². The Kier molecular flexibility index (Phi) is 5.87. The first-order valence-corrected chi connectivity index (χ1v) is 8.40. The SMILES string of the molecule is CCC(c1cc(Br)ccc1O)N(CC)CC1CCCN1. The molecule has 1 aromatic carbocycles. The molecule has 0 amide bonds. The predicted octanol–water partition coefficient (Wildman–Crippen LogP) is 3.68. The summed E-state index contributed by atoms with van der Waals surface area (Å²) < 4.78 is 1.03. The standard InChI is InChI=1S/C16H25BrN2O/c1-3-15(14-10-12(17)7-8-16(14)20)19(4-2)11-13-6-5-9-18-13/h7-8,10,13,15,18,20H,3-6,9,11H2,1-2H3. The molecular weight excluding hydrogens is 316 g/mol. The lowest BCUT2D eigenvalue weighted by Crippen LogP contribution is -2.39. The Balaban J connectivity index is 2.17. The van der Waals surface area contributed by atoms with Gasteiger partial charge >= 0.3 is 0 Å². The van der Waals surface area contributed by atoms with Gasteiger partial charge in [-0.05, 0) is 50.6 Å². The minimum Gasteiger partial charge on any atom is -0.508 e. The zero-order valence-electron chi connectivity index (χ0n) is 12.4. The van der Waals surface area contributed by atoms with Crippen LogP contribution in [-0.4, -0.2) is 35.7 Å². The molecule has 0 aromatic heterocycles. The third-order valence-electron chi connectivity index (χ3n) is 4.20. The van der Waals surface area contributed by atoms with Crippen LogP contribution in [-0.2, 0) is 0 Å². The normalized spacial score (nSPS) is 20.5. The van der Waals surface area contributed by atoms with Crippen molar-refractivity contribution in [2.45, 2.75) is 45.2 Å². The molecule has 2 unspecified atom stereocenters. The summed E-state index contributed by atoms with van der Waals surface area (Å²) in [6.45, 7) is 7.59. The second-order valence-corrected chi connectivity index (χ2v) is 6.42. The highest BCUT2D eigenvalue weighted by molar-refractivity contribution is 9.10. The van der Waals surface area contributed by atoms with Crippen molar-refractivity contribution in [2.75, 3.05) is 19.6 Å². The smallest absolute Gasteiger partial charge is 0.120 e. The van der Waals surface area contributed by atoms with Gasteiger partial charge in [0.25, 0.3) is 0 Å². The molecule has 0 aliphatic carbocycles. The Morgan fingerprint density at radius 1 is 1.45 bits per heavy atom. The molecule has 0 saturated carbocycles. The van der Waals surface area contributed by atoms with Crippen LogP contribution in [0.15, 0.2) is 22.7 Å². The highest BCUT2D eigenvalue weighted by Gasteiger charge is 2.24. The third kappa shape index (κ3) is 3.74. The van der Waals surface area contributed by atoms with Gasteiger partial charge in [-0.3, -0.25) is 4.90 Å². The van der Waals surface area contributed by atoms with Crippen molar-refractivity contribution in [2.24, 2.45) is 0 Å². The van der Waals surface area contributed by atoms with E-state index in [0.29, 0.717) is 11.8 Å². The summed E-state index contributed by atoms with van der Waals surface area (Å²) in [4.78, 5) is 2.48. The molecule has 4 heteroatoms. The zero-order chi connectivity index (χ0) is 14.5. The number of hydrogen-bond acceptors (Lipinski definition) is 3. The maximum atomic E-state index is 10.2. The lowest BCUT2D eigenvalue weighted by atomic mass is 10.0. The summed E-state index contributed by atoms with van der Waals surface area (Å²) in [5.41, 5.74) is 1.03. The predicted molar refractivity (Wildman–Crippen MR) is 87.1 cm³/mol. The molecule has 2 N–H and O–H groups in total. The third-order valence-corrected chi connectivity index (χ3v) is 4.69. The fourth-order valence-electron chi connectivity index (χ4n) is 3.14. The van der Waals surface area contributed by atoms with Crippen LogP contribution in [0.2, 0.25) is 0 Å². The van der Waals surface area contributed by atoms with Crippen LogP contribution in [0.1, 0.15) is 44.7 Å². The molecule has 0 bridgehead atoms. The van der Waals surface area contributed by atoms with Crippen LogP contribution in [0.3, 0.4) is 0 Å². The van der Waals surface area contributed by atoms with Gasteiger partial charge in [0.1, 0.15) is 5.75 Å². The first-order chi connectivity index (χ1) is 9.65. The molecule has 1 saturated heterocycles. The van der Waals surface area contributed by atoms with Gasteiger partial charge in [0.2, 0.25) is 0 Å². The van der Waals surface area contributed by atoms with E-state index in [0.717, 1.165) is 36.1 Å². The maximum absolute atomic E-state index is 10.2. The Morgan fingerprint density at radius 3 is 2.85 bits per heavy atom. The van der Waals surface area contributed by atoms with E-state index < -0.39 is 0 Å². The minimum absolute atomic E-state index is 0.278. The topological polar surface area (TPSA) is 35.5 Å². The van der Waals surface area contributed by atoms with Crippen molar-refractivity contribution in [1.29, 1.82) is 0 Å². The number of rotatable bonds is 6. The van der Waals surface area contributed by atoms with Crippen LogP contribution >= 0.6 is 15.9 Å². The molecule has 2 rings (SSSR count). The molecule has 1 fully saturated rings. The Bertz CT molecular complexity index is 432. The number of nitrogens with one attached hydrogen (secondary N) is 1. The number of aromatic hydroxyl groups is 1. The van der Waals surface area contributed by atoms with Crippen LogP contribution < -0.4 is 5.32 Å². The number of phenolic OH excluding ortho intramolecular Hbond substituents is 1. The fourth-order valence-corrected chi connectivity index (χ4v) is 3.52. The van der Waals surface area contributed by atoms with E-state index in [-0.39, 0.29) is 6.04 Å². The first-order valence-electron chi connectivity index (χ1n) is 7.61. The number of likely N-dealkylation sites (N-methyl/N-ethyl adjacent to an activating group) is 1. The van der Waals surface area contributed by atoms with Crippen LogP contribution in [0.5, 0.6) is 5.75 Å². The van der Waals surface area contributed by atoms with Gasteiger partial charge in [-0.25, -0.2) is 0 Å². The lowest BCUT2D eigenvalue weighted by Gasteiger charge is -2.33. The van der Waals surface area contributed by atoms with Crippen LogP contribution in [0.4, 0.5) is 0 Å². The second-order valence-electron chi connectivity index (χ2n) is 5.51. The van der Waals surface area contributed by atoms with Crippen molar-refractivity contribution < 1.29 is 5.11 Å². The number of benzene rings is 1. The van der Waals surface area contributed by atoms with E-state index in [1.807, 2.05) is 12.1 Å². The number of nitrogens with zero attached hydrogens (tertiary/aromatic N) is 1. The van der Waals surface area contributed by atoms with Gasteiger partial charge in [-0.15, -0.1) is 0 Å². The van der Waals surface area contributed by atoms with Gasteiger partial charge in [0, 0.05) is 28.7 Å². The van der Waals surface area contributed by atoms with E-state index >= 15 is 0 Å². The Morgan fingerprint density at radius 2 is 2.25 bits per heavy atom. The molecule has 3 nitrogen and oxygen atoms in total. The lowest BCUT2D eigenvalue weighted by molar-refractivity contribution is 0.182. The maximum Gasteiger partial charge on any atom is 0.120 e. The summed E-state index contributed by atoms with van der Waals surface area (Å²) in [6.07, 6.45) is 3.54. The minimum atomic E-state index is 0.278. The first kappa shape index (κ1) is 15.8. The molecular formula is C16H25BrN2O. The quantitative estimate of drug-likeness (QED) is 0.829. The number of phenols is 1. The highest BCUT2D eigenvalue weighted by atomic mass is 79.9. The zero-order valence-corrected chi connectivity index (χ0v) is 14.0. The molecule has 1 aromatic rings. The molecule has 1 aliphatic rings. The van der Waals surface area contributed by atoms with E-state index in [4.69, 9.17) is 0 Å². The van der Waals surface area contributed by atoms with Crippen molar-refractivity contribution >= 4 is 15.9 Å². The van der Waals surface area contributed by atoms with Gasteiger partial charge in [0.05, 0.1) is 0 Å². The van der Waals surface area contributed by atoms with Gasteiger partial charge in [-0.1, -0.05) is 29.8 Å². The van der Waals surface area contributed by atoms with Gasteiger partial charge in [0.15, 0.2) is 0 Å². The van der Waals surface area contributed by atoms with Crippen molar-refractivity contribution in [1.82, 2.24) is 10.2 Å². The Labute approximate surface area is 130 Å². The summed E-state index contributed by atoms with van der Waals surface area (Å²) >= 11 is 3.51. The number of halogens is 1. The second kappa shape index (κ2) is 7.43. The van der Waals surface area contributed by atoms with Crippen LogP contribution in [0, 0.1) is 0 Å².